The molecule has 2 aromatic heterocycles. The number of anilines is 2. The number of benzene rings is 1. The van der Waals surface area contributed by atoms with Crippen LogP contribution in [0.4, 0.5) is 11.4 Å². The quantitative estimate of drug-likeness (QED) is 0.545. The Balaban J connectivity index is 1.39. The van der Waals surface area contributed by atoms with Crippen molar-refractivity contribution in [3.63, 3.8) is 0 Å². The minimum absolute atomic E-state index is 0.0688. The average Bonchev–Trinajstić information content (AvgIpc) is 3.43. The fraction of sp³-hybridized carbons (Fsp3) is 0.333. The molecule has 8 nitrogen and oxygen atoms in total. The Morgan fingerprint density at radius 1 is 1.09 bits per heavy atom. The third kappa shape index (κ3) is 5.17. The molecule has 3 aromatic rings. The van der Waals surface area contributed by atoms with Crippen LogP contribution in [0.15, 0.2) is 36.4 Å². The first-order chi connectivity index (χ1) is 15.8. The topological polar surface area (TPSA) is 89.4 Å². The van der Waals surface area contributed by atoms with Gasteiger partial charge in [-0.3, -0.25) is 4.79 Å². The van der Waals surface area contributed by atoms with E-state index >= 15 is 0 Å². The highest BCUT2D eigenvalue weighted by Crippen LogP contribution is 2.25. The molecule has 0 atom stereocenters. The molecule has 0 spiro atoms. The summed E-state index contributed by atoms with van der Waals surface area (Å²) in [6.45, 7) is 7.35. The number of hydrogen-bond donors (Lipinski definition) is 1. The lowest BCUT2D eigenvalue weighted by Crippen LogP contribution is -2.22. The summed E-state index contributed by atoms with van der Waals surface area (Å²) in [5.41, 5.74) is 4.40. The molecule has 1 fully saturated rings. The second-order valence-electron chi connectivity index (χ2n) is 8.16. The maximum atomic E-state index is 12.6. The molecule has 9 heteroatoms. The fourth-order valence-corrected chi connectivity index (χ4v) is 4.08. The molecule has 0 bridgehead atoms. The van der Waals surface area contributed by atoms with E-state index in [2.05, 4.69) is 26.4 Å². The zero-order valence-corrected chi connectivity index (χ0v) is 19.6. The van der Waals surface area contributed by atoms with E-state index in [0.29, 0.717) is 11.5 Å². The van der Waals surface area contributed by atoms with Crippen LogP contribution in [0.25, 0.3) is 5.82 Å². The Morgan fingerprint density at radius 2 is 1.85 bits per heavy atom. The van der Waals surface area contributed by atoms with Gasteiger partial charge in [-0.15, -0.1) is 0 Å². The van der Waals surface area contributed by atoms with Crippen molar-refractivity contribution in [2.75, 3.05) is 29.9 Å². The minimum Gasteiger partial charge on any atom is -0.451 e. The second-order valence-corrected chi connectivity index (χ2v) is 8.56. The van der Waals surface area contributed by atoms with Gasteiger partial charge in [0.1, 0.15) is 0 Å². The van der Waals surface area contributed by atoms with Gasteiger partial charge in [0.25, 0.3) is 5.91 Å². The number of halogens is 1. The van der Waals surface area contributed by atoms with Crippen molar-refractivity contribution >= 4 is 34.9 Å². The van der Waals surface area contributed by atoms with Gasteiger partial charge < -0.3 is 15.0 Å². The van der Waals surface area contributed by atoms with Gasteiger partial charge in [-0.25, -0.2) is 14.5 Å². The lowest BCUT2D eigenvalue weighted by molar-refractivity contribution is -0.119. The van der Waals surface area contributed by atoms with Crippen LogP contribution in [0, 0.1) is 20.8 Å². The zero-order chi connectivity index (χ0) is 23.5. The monoisotopic (exact) mass is 467 g/mol. The summed E-state index contributed by atoms with van der Waals surface area (Å²) in [5.74, 6) is -0.777. The molecule has 4 rings (SSSR count). The van der Waals surface area contributed by atoms with Crippen LogP contribution >= 0.6 is 11.6 Å². The minimum atomic E-state index is -0.778. The fourth-order valence-electron chi connectivity index (χ4n) is 3.90. The van der Waals surface area contributed by atoms with Crippen molar-refractivity contribution in [1.82, 2.24) is 14.8 Å². The molecule has 0 radical (unpaired) electrons. The molecule has 0 unspecified atom stereocenters. The lowest BCUT2D eigenvalue weighted by atomic mass is 10.1. The summed E-state index contributed by atoms with van der Waals surface area (Å²) in [5, 5.41) is 7.30. The molecule has 0 aliphatic carbocycles. The summed E-state index contributed by atoms with van der Waals surface area (Å²) in [7, 11) is 0. The molecule has 3 heterocycles. The third-order valence-electron chi connectivity index (χ3n) is 5.54. The highest BCUT2D eigenvalue weighted by Gasteiger charge is 2.19. The van der Waals surface area contributed by atoms with Crippen molar-refractivity contribution in [2.45, 2.75) is 33.6 Å². The third-order valence-corrected chi connectivity index (χ3v) is 5.85. The maximum absolute atomic E-state index is 12.6. The van der Waals surface area contributed by atoms with E-state index < -0.39 is 18.5 Å². The normalized spacial score (nSPS) is 13.3. The molecule has 1 aromatic carbocycles. The smallest absolute Gasteiger partial charge is 0.359 e. The number of nitrogens with one attached hydrogen (secondary N) is 1. The number of aryl methyl sites for hydroxylation is 3. The van der Waals surface area contributed by atoms with Gasteiger partial charge in [0.05, 0.1) is 10.7 Å². The van der Waals surface area contributed by atoms with E-state index in [1.165, 1.54) is 12.8 Å². The SMILES string of the molecule is Cc1cc(C)n(-c2ccc(Cl)c(C(=O)OCC(=O)Nc3ccc(N4CCCC4)cc3C)n2)n1. The van der Waals surface area contributed by atoms with Crippen LogP contribution in [-0.4, -0.2) is 46.3 Å². The van der Waals surface area contributed by atoms with Gasteiger partial charge in [-0.2, -0.15) is 5.10 Å². The van der Waals surface area contributed by atoms with E-state index in [9.17, 15) is 9.59 Å². The van der Waals surface area contributed by atoms with Crippen LogP contribution in [0.3, 0.4) is 0 Å². The number of nitrogens with zero attached hydrogens (tertiary/aromatic N) is 4. The Kier molecular flexibility index (Phi) is 6.65. The van der Waals surface area contributed by atoms with Crippen LogP contribution in [0.2, 0.25) is 5.02 Å². The van der Waals surface area contributed by atoms with Crippen molar-refractivity contribution in [2.24, 2.45) is 0 Å². The van der Waals surface area contributed by atoms with Gasteiger partial charge in [0, 0.05) is 30.2 Å². The highest BCUT2D eigenvalue weighted by molar-refractivity contribution is 6.33. The summed E-state index contributed by atoms with van der Waals surface area (Å²) in [6, 6.07) is 11.1. The lowest BCUT2D eigenvalue weighted by Gasteiger charge is -2.19. The van der Waals surface area contributed by atoms with Gasteiger partial charge in [-0.05, 0) is 75.6 Å². The molecule has 1 amide bonds. The number of rotatable bonds is 6. The van der Waals surface area contributed by atoms with E-state index in [-0.39, 0.29) is 10.7 Å². The molecule has 172 valence electrons. The van der Waals surface area contributed by atoms with E-state index in [1.54, 1.807) is 16.8 Å². The number of carbonyl (C=O) groups is 2. The van der Waals surface area contributed by atoms with Gasteiger partial charge in [0.15, 0.2) is 18.1 Å². The van der Waals surface area contributed by atoms with E-state index in [1.807, 2.05) is 39.0 Å². The first-order valence-corrected chi connectivity index (χ1v) is 11.2. The number of carbonyl (C=O) groups excluding carboxylic acids is 2. The predicted octanol–water partition coefficient (Wildman–Crippen LogP) is 4.24. The average molecular weight is 468 g/mol. The van der Waals surface area contributed by atoms with E-state index in [0.717, 1.165) is 35.7 Å². The number of esters is 1. The zero-order valence-electron chi connectivity index (χ0n) is 18.9. The van der Waals surface area contributed by atoms with Crippen molar-refractivity contribution in [1.29, 1.82) is 0 Å². The Morgan fingerprint density at radius 3 is 2.52 bits per heavy atom. The number of amides is 1. The standard InChI is InChI=1S/C24H26ClN5O3/c1-15-12-18(29-10-4-5-11-29)6-8-20(15)26-22(31)14-33-24(32)23-19(25)7-9-21(27-23)30-17(3)13-16(2)28-30/h6-9,12-13H,4-5,10-11,14H2,1-3H3,(H,26,31). The molecule has 1 N–H and O–H groups in total. The number of ether oxygens (including phenoxy) is 1. The van der Waals surface area contributed by atoms with Crippen molar-refractivity contribution < 1.29 is 14.3 Å². The largest absolute Gasteiger partial charge is 0.451 e. The van der Waals surface area contributed by atoms with Crippen LogP contribution in [0.1, 0.15) is 40.3 Å². The first-order valence-electron chi connectivity index (χ1n) is 10.8. The van der Waals surface area contributed by atoms with Crippen LogP contribution < -0.4 is 10.2 Å². The van der Waals surface area contributed by atoms with Gasteiger partial charge in [-0.1, -0.05) is 11.6 Å². The summed E-state index contributed by atoms with van der Waals surface area (Å²) in [6.07, 6.45) is 2.40. The summed E-state index contributed by atoms with van der Waals surface area (Å²) < 4.78 is 6.79. The number of aromatic nitrogens is 3. The first kappa shape index (κ1) is 22.8. The van der Waals surface area contributed by atoms with Crippen LogP contribution in [-0.2, 0) is 9.53 Å². The van der Waals surface area contributed by atoms with Crippen molar-refractivity contribution in [3.05, 3.63) is 64.1 Å². The second kappa shape index (κ2) is 9.62. The highest BCUT2D eigenvalue weighted by atomic mass is 35.5. The van der Waals surface area contributed by atoms with E-state index in [4.69, 9.17) is 16.3 Å². The van der Waals surface area contributed by atoms with Gasteiger partial charge >= 0.3 is 5.97 Å². The number of hydrogen-bond acceptors (Lipinski definition) is 6. The Bertz CT molecular complexity index is 1200. The van der Waals surface area contributed by atoms with Gasteiger partial charge in [0.2, 0.25) is 0 Å². The predicted molar refractivity (Wildman–Crippen MR) is 127 cm³/mol. The Labute approximate surface area is 197 Å². The Hall–Kier alpha value is -3.39. The summed E-state index contributed by atoms with van der Waals surface area (Å²) >= 11 is 6.16. The molecule has 33 heavy (non-hydrogen) atoms. The molecule has 1 aliphatic rings. The molecule has 1 saturated heterocycles. The summed E-state index contributed by atoms with van der Waals surface area (Å²) in [4.78, 5) is 31.6. The number of pyridine rings is 1. The van der Waals surface area contributed by atoms with Crippen LogP contribution in [0.5, 0.6) is 0 Å². The molecular formula is C24H26ClN5O3. The molecular weight excluding hydrogens is 442 g/mol. The molecule has 0 saturated carbocycles. The van der Waals surface area contributed by atoms with Crippen molar-refractivity contribution in [3.8, 4) is 5.82 Å². The molecule has 1 aliphatic heterocycles. The maximum Gasteiger partial charge on any atom is 0.359 e.